The first-order valence-electron chi connectivity index (χ1n) is 9.71. The zero-order valence-corrected chi connectivity index (χ0v) is 18.7. The van der Waals surface area contributed by atoms with Gasteiger partial charge in [-0.3, -0.25) is 9.79 Å². The van der Waals surface area contributed by atoms with Gasteiger partial charge >= 0.3 is 0 Å². The minimum atomic E-state index is 0. The fraction of sp³-hybridized carbons (Fsp3) is 0.600. The number of guanidine groups is 1. The van der Waals surface area contributed by atoms with Crippen molar-refractivity contribution in [3.8, 4) is 0 Å². The summed E-state index contributed by atoms with van der Waals surface area (Å²) < 4.78 is 0. The molecule has 1 aromatic rings. The van der Waals surface area contributed by atoms with Gasteiger partial charge in [0.05, 0.1) is 0 Å². The monoisotopic (exact) mass is 485 g/mol. The number of aliphatic imine (C=N–C) groups is 1. The van der Waals surface area contributed by atoms with Crippen LogP contribution >= 0.6 is 24.0 Å². The number of carbonyl (C=O) groups is 1. The third-order valence-corrected chi connectivity index (χ3v) is 5.23. The highest BCUT2D eigenvalue weighted by atomic mass is 127. The lowest BCUT2D eigenvalue weighted by molar-refractivity contribution is -0.116. The largest absolute Gasteiger partial charge is 0.356 e. The van der Waals surface area contributed by atoms with Crippen molar-refractivity contribution >= 4 is 41.5 Å². The van der Waals surface area contributed by atoms with Crippen LogP contribution in [0.4, 0.5) is 5.69 Å². The lowest BCUT2D eigenvalue weighted by Gasteiger charge is -2.27. The summed E-state index contributed by atoms with van der Waals surface area (Å²) in [6.07, 6.45) is 3.17. The summed E-state index contributed by atoms with van der Waals surface area (Å²) in [4.78, 5) is 18.8. The Labute approximate surface area is 179 Å². The average molecular weight is 485 g/mol. The van der Waals surface area contributed by atoms with E-state index in [1.54, 1.807) is 7.05 Å². The molecule has 0 bridgehead atoms. The number of carbonyl (C=O) groups excluding carboxylic acids is 1. The zero-order chi connectivity index (χ0) is 18.4. The second kappa shape index (κ2) is 10.8. The maximum absolute atomic E-state index is 11.9. The van der Waals surface area contributed by atoms with Gasteiger partial charge < -0.3 is 20.9 Å². The van der Waals surface area contributed by atoms with Gasteiger partial charge in [0.1, 0.15) is 0 Å². The third kappa shape index (κ3) is 6.34. The van der Waals surface area contributed by atoms with Gasteiger partial charge in [-0.1, -0.05) is 25.1 Å². The lowest BCUT2D eigenvalue weighted by Crippen LogP contribution is -2.43. The maximum atomic E-state index is 11.9. The number of nitrogens with one attached hydrogen (secondary N) is 3. The van der Waals surface area contributed by atoms with Crippen LogP contribution in [0.1, 0.15) is 37.7 Å². The van der Waals surface area contributed by atoms with E-state index in [0.717, 1.165) is 24.7 Å². The second-order valence-electron chi connectivity index (χ2n) is 7.48. The van der Waals surface area contributed by atoms with Gasteiger partial charge in [0.15, 0.2) is 5.96 Å². The predicted octanol–water partition coefficient (Wildman–Crippen LogP) is 2.63. The second-order valence-corrected chi connectivity index (χ2v) is 7.48. The molecular weight excluding hydrogens is 453 g/mol. The Balaban J connectivity index is 0.00000261. The number of hydrogen-bond acceptors (Lipinski definition) is 3. The highest BCUT2D eigenvalue weighted by Gasteiger charge is 2.24. The molecule has 0 aromatic heterocycles. The van der Waals surface area contributed by atoms with Gasteiger partial charge in [-0.05, 0) is 43.5 Å². The molecule has 7 heteroatoms. The molecule has 2 heterocycles. The molecule has 2 aliphatic heterocycles. The number of amides is 1. The summed E-state index contributed by atoms with van der Waals surface area (Å²) in [5, 5.41) is 9.77. The highest BCUT2D eigenvalue weighted by molar-refractivity contribution is 14.0. The van der Waals surface area contributed by atoms with Crippen molar-refractivity contribution in [2.24, 2.45) is 10.9 Å². The van der Waals surface area contributed by atoms with E-state index in [1.165, 1.54) is 31.5 Å². The number of hydrogen-bond donors (Lipinski definition) is 3. The van der Waals surface area contributed by atoms with Gasteiger partial charge in [0.25, 0.3) is 0 Å². The van der Waals surface area contributed by atoms with Crippen molar-refractivity contribution in [1.29, 1.82) is 0 Å². The normalized spacial score (nSPS) is 21.0. The standard InChI is InChI=1S/C20H31N5O.HI/c1-15(14-25-9-5-6-10-25)12-22-20(21-2)23-13-16-11-19(26)24-18-8-4-3-7-17(16)18;/h3-4,7-8,15-16H,5-6,9-14H2,1-2H3,(H,24,26)(H2,21,22,23);1H. The molecule has 2 atom stereocenters. The fourth-order valence-electron chi connectivity index (χ4n) is 3.87. The van der Waals surface area contributed by atoms with Crippen LogP contribution < -0.4 is 16.0 Å². The number of fused-ring (bicyclic) bond motifs is 1. The van der Waals surface area contributed by atoms with Gasteiger partial charge in [-0.2, -0.15) is 0 Å². The van der Waals surface area contributed by atoms with E-state index in [4.69, 9.17) is 0 Å². The Bertz CT molecular complexity index is 645. The van der Waals surface area contributed by atoms with Crippen molar-refractivity contribution in [2.45, 2.75) is 32.1 Å². The number of benzene rings is 1. The number of rotatable bonds is 6. The Kier molecular flexibility index (Phi) is 8.82. The molecular formula is C20H32IN5O. The molecule has 1 amide bonds. The van der Waals surface area contributed by atoms with Crippen LogP contribution in [0.25, 0.3) is 0 Å². The minimum absolute atomic E-state index is 0. The van der Waals surface area contributed by atoms with E-state index in [0.29, 0.717) is 18.9 Å². The van der Waals surface area contributed by atoms with Crippen LogP contribution in [0, 0.1) is 5.92 Å². The van der Waals surface area contributed by atoms with E-state index < -0.39 is 0 Å². The van der Waals surface area contributed by atoms with E-state index in [2.05, 4.69) is 38.8 Å². The summed E-state index contributed by atoms with van der Waals surface area (Å²) >= 11 is 0. The van der Waals surface area contributed by atoms with Gasteiger partial charge in [0, 0.05) is 44.7 Å². The Hall–Kier alpha value is -1.35. The first-order chi connectivity index (χ1) is 12.7. The van der Waals surface area contributed by atoms with Crippen LogP contribution in [0.2, 0.25) is 0 Å². The molecule has 1 aromatic carbocycles. The quantitative estimate of drug-likeness (QED) is 0.329. The molecule has 3 rings (SSSR count). The van der Waals surface area contributed by atoms with E-state index >= 15 is 0 Å². The van der Waals surface area contributed by atoms with Gasteiger partial charge in [0.2, 0.25) is 5.91 Å². The zero-order valence-electron chi connectivity index (χ0n) is 16.3. The Morgan fingerprint density at radius 1 is 1.30 bits per heavy atom. The first-order valence-corrected chi connectivity index (χ1v) is 9.71. The first kappa shape index (κ1) is 21.9. The summed E-state index contributed by atoms with van der Waals surface area (Å²) in [7, 11) is 1.79. The van der Waals surface area contributed by atoms with Crippen molar-refractivity contribution in [1.82, 2.24) is 15.5 Å². The molecule has 0 saturated carbocycles. The molecule has 3 N–H and O–H groups in total. The number of para-hydroxylation sites is 1. The van der Waals surface area contributed by atoms with Crippen molar-refractivity contribution < 1.29 is 4.79 Å². The molecule has 0 radical (unpaired) electrons. The lowest BCUT2D eigenvalue weighted by atomic mass is 9.90. The molecule has 150 valence electrons. The number of nitrogens with zero attached hydrogens (tertiary/aromatic N) is 2. The molecule has 0 spiro atoms. The molecule has 1 fully saturated rings. The Morgan fingerprint density at radius 3 is 2.78 bits per heavy atom. The van der Waals surface area contributed by atoms with Gasteiger partial charge in [-0.15, -0.1) is 24.0 Å². The van der Waals surface area contributed by atoms with E-state index in [-0.39, 0.29) is 35.8 Å². The number of likely N-dealkylation sites (tertiary alicyclic amines) is 1. The maximum Gasteiger partial charge on any atom is 0.225 e. The van der Waals surface area contributed by atoms with Gasteiger partial charge in [-0.25, -0.2) is 0 Å². The van der Waals surface area contributed by atoms with Crippen molar-refractivity contribution in [2.75, 3.05) is 45.1 Å². The summed E-state index contributed by atoms with van der Waals surface area (Å²) in [6.45, 7) is 7.49. The molecule has 0 aliphatic carbocycles. The SMILES string of the molecule is CN=C(NCC(C)CN1CCCC1)NCC1CC(=O)Nc2ccccc21.I. The smallest absolute Gasteiger partial charge is 0.225 e. The molecule has 2 aliphatic rings. The minimum Gasteiger partial charge on any atom is -0.356 e. The van der Waals surface area contributed by atoms with Crippen LogP contribution in [0.5, 0.6) is 0 Å². The van der Waals surface area contributed by atoms with E-state index in [9.17, 15) is 4.79 Å². The fourth-order valence-corrected chi connectivity index (χ4v) is 3.87. The molecule has 1 saturated heterocycles. The van der Waals surface area contributed by atoms with Crippen LogP contribution in [-0.2, 0) is 4.79 Å². The molecule has 6 nitrogen and oxygen atoms in total. The molecule has 2 unspecified atom stereocenters. The van der Waals surface area contributed by atoms with E-state index in [1.807, 2.05) is 18.2 Å². The summed E-state index contributed by atoms with van der Waals surface area (Å²) in [5.74, 6) is 1.63. The summed E-state index contributed by atoms with van der Waals surface area (Å²) in [6, 6.07) is 8.04. The Morgan fingerprint density at radius 2 is 2.04 bits per heavy atom. The van der Waals surface area contributed by atoms with Crippen molar-refractivity contribution in [3.63, 3.8) is 0 Å². The van der Waals surface area contributed by atoms with Crippen LogP contribution in [0.15, 0.2) is 29.3 Å². The number of anilines is 1. The average Bonchev–Trinajstić information content (AvgIpc) is 3.14. The third-order valence-electron chi connectivity index (χ3n) is 5.23. The van der Waals surface area contributed by atoms with Crippen LogP contribution in [0.3, 0.4) is 0 Å². The summed E-state index contributed by atoms with van der Waals surface area (Å²) in [5.41, 5.74) is 2.12. The molecule has 27 heavy (non-hydrogen) atoms. The predicted molar refractivity (Wildman–Crippen MR) is 122 cm³/mol. The number of halogens is 1. The highest BCUT2D eigenvalue weighted by Crippen LogP contribution is 2.31. The van der Waals surface area contributed by atoms with Crippen LogP contribution in [-0.4, -0.2) is 56.5 Å². The van der Waals surface area contributed by atoms with Crippen molar-refractivity contribution in [3.05, 3.63) is 29.8 Å². The topological polar surface area (TPSA) is 68.8 Å².